The first-order valence-corrected chi connectivity index (χ1v) is 5.72. The number of nitrogens with zero attached hydrogens (tertiary/aromatic N) is 3. The summed E-state index contributed by atoms with van der Waals surface area (Å²) in [5.41, 5.74) is 0. The van der Waals surface area contributed by atoms with Crippen LogP contribution in [0.15, 0.2) is 18.2 Å². The largest absolute Gasteiger partial charge is 0.365 e. The molecule has 1 saturated heterocycles. The van der Waals surface area contributed by atoms with Gasteiger partial charge in [0.25, 0.3) is 6.20 Å². The minimum atomic E-state index is -0.432. The maximum atomic E-state index is 10.4. The second kappa shape index (κ2) is 4.48. The molecule has 1 aliphatic rings. The van der Waals surface area contributed by atoms with E-state index in [-0.39, 0.29) is 0 Å². The SMILES string of the molecule is Cc1ncc(CN2CCNC2=C[N+](=O)[O-])s1. The molecule has 1 fully saturated rings. The van der Waals surface area contributed by atoms with Crippen LogP contribution in [-0.2, 0) is 6.54 Å². The molecule has 1 N–H and O–H groups in total. The highest BCUT2D eigenvalue weighted by molar-refractivity contribution is 7.11. The van der Waals surface area contributed by atoms with Gasteiger partial charge in [0.15, 0.2) is 5.82 Å². The Morgan fingerprint density at radius 3 is 3.25 bits per heavy atom. The van der Waals surface area contributed by atoms with Crippen molar-refractivity contribution in [3.05, 3.63) is 38.2 Å². The highest BCUT2D eigenvalue weighted by Gasteiger charge is 2.20. The maximum Gasteiger partial charge on any atom is 0.274 e. The van der Waals surface area contributed by atoms with E-state index in [2.05, 4.69) is 10.3 Å². The van der Waals surface area contributed by atoms with Crippen molar-refractivity contribution in [1.82, 2.24) is 15.2 Å². The Bertz CT molecular complexity index is 429. The fraction of sp³-hybridized carbons (Fsp3) is 0.444. The zero-order valence-corrected chi connectivity index (χ0v) is 9.66. The predicted molar refractivity (Wildman–Crippen MR) is 60.3 cm³/mol. The van der Waals surface area contributed by atoms with Crippen molar-refractivity contribution in [1.29, 1.82) is 0 Å². The summed E-state index contributed by atoms with van der Waals surface area (Å²) in [6.07, 6.45) is 2.84. The lowest BCUT2D eigenvalue weighted by Crippen LogP contribution is -2.20. The number of aryl methyl sites for hydroxylation is 1. The predicted octanol–water partition coefficient (Wildman–Crippen LogP) is 0.932. The van der Waals surface area contributed by atoms with E-state index in [9.17, 15) is 10.1 Å². The van der Waals surface area contributed by atoms with E-state index in [4.69, 9.17) is 0 Å². The third-order valence-electron chi connectivity index (χ3n) is 2.27. The monoisotopic (exact) mass is 240 g/mol. The third-order valence-corrected chi connectivity index (χ3v) is 3.17. The van der Waals surface area contributed by atoms with Gasteiger partial charge in [0.2, 0.25) is 0 Å². The molecular formula is C9H12N4O2S. The molecule has 16 heavy (non-hydrogen) atoms. The molecule has 2 rings (SSSR count). The summed E-state index contributed by atoms with van der Waals surface area (Å²) in [7, 11) is 0. The Labute approximate surface area is 96.7 Å². The molecule has 1 aliphatic heterocycles. The van der Waals surface area contributed by atoms with Gasteiger partial charge in [-0.3, -0.25) is 10.1 Å². The maximum absolute atomic E-state index is 10.4. The van der Waals surface area contributed by atoms with E-state index >= 15 is 0 Å². The molecule has 1 aromatic rings. The van der Waals surface area contributed by atoms with Gasteiger partial charge in [-0.1, -0.05) is 0 Å². The third kappa shape index (κ3) is 2.48. The molecule has 2 heterocycles. The molecule has 1 aromatic heterocycles. The lowest BCUT2D eigenvalue weighted by molar-refractivity contribution is -0.404. The van der Waals surface area contributed by atoms with Gasteiger partial charge in [-0.15, -0.1) is 11.3 Å². The molecule has 86 valence electrons. The number of thiazole rings is 1. The molecule has 0 aliphatic carbocycles. The van der Waals surface area contributed by atoms with Crippen LogP contribution >= 0.6 is 11.3 Å². The number of nitro groups is 1. The van der Waals surface area contributed by atoms with E-state index in [1.807, 2.05) is 18.0 Å². The highest BCUT2D eigenvalue weighted by atomic mass is 32.1. The summed E-state index contributed by atoms with van der Waals surface area (Å²) in [5.74, 6) is 0.580. The lowest BCUT2D eigenvalue weighted by Gasteiger charge is -2.15. The van der Waals surface area contributed by atoms with Crippen LogP contribution in [0.3, 0.4) is 0 Å². The van der Waals surface area contributed by atoms with E-state index in [0.29, 0.717) is 12.4 Å². The number of hydrogen-bond acceptors (Lipinski definition) is 6. The minimum absolute atomic E-state index is 0.432. The Balaban J connectivity index is 2.06. The van der Waals surface area contributed by atoms with Crippen molar-refractivity contribution in [2.75, 3.05) is 13.1 Å². The second-order valence-electron chi connectivity index (χ2n) is 3.49. The molecule has 7 heteroatoms. The lowest BCUT2D eigenvalue weighted by atomic mass is 10.4. The number of rotatable bonds is 3. The van der Waals surface area contributed by atoms with Gasteiger partial charge in [0, 0.05) is 24.2 Å². The Hall–Kier alpha value is -1.63. The van der Waals surface area contributed by atoms with Gasteiger partial charge in [-0.2, -0.15) is 0 Å². The molecule has 0 amide bonds. The molecule has 0 aromatic carbocycles. The van der Waals surface area contributed by atoms with Crippen LogP contribution < -0.4 is 5.32 Å². The first kappa shape index (κ1) is 10.9. The van der Waals surface area contributed by atoms with Crippen molar-refractivity contribution in [3.8, 4) is 0 Å². The first-order valence-electron chi connectivity index (χ1n) is 4.90. The Morgan fingerprint density at radius 1 is 1.81 bits per heavy atom. The van der Waals surface area contributed by atoms with Crippen molar-refractivity contribution in [2.45, 2.75) is 13.5 Å². The topological polar surface area (TPSA) is 71.3 Å². The van der Waals surface area contributed by atoms with Crippen molar-refractivity contribution >= 4 is 11.3 Å². The van der Waals surface area contributed by atoms with Crippen LogP contribution in [-0.4, -0.2) is 27.9 Å². The van der Waals surface area contributed by atoms with E-state index in [1.165, 1.54) is 0 Å². The quantitative estimate of drug-likeness (QED) is 0.628. The molecule has 6 nitrogen and oxygen atoms in total. The number of hydrogen-bond donors (Lipinski definition) is 1. The molecule has 0 radical (unpaired) electrons. The van der Waals surface area contributed by atoms with Crippen LogP contribution in [0.1, 0.15) is 9.88 Å². The van der Waals surface area contributed by atoms with Gasteiger partial charge in [0.05, 0.1) is 16.5 Å². The Morgan fingerprint density at radius 2 is 2.62 bits per heavy atom. The van der Waals surface area contributed by atoms with Crippen LogP contribution in [0.4, 0.5) is 0 Å². The number of nitrogens with one attached hydrogen (secondary N) is 1. The van der Waals surface area contributed by atoms with E-state index < -0.39 is 4.92 Å². The first-order chi connectivity index (χ1) is 7.65. The van der Waals surface area contributed by atoms with E-state index in [0.717, 1.165) is 29.2 Å². The smallest absolute Gasteiger partial charge is 0.274 e. The summed E-state index contributed by atoms with van der Waals surface area (Å²) < 4.78 is 0. The van der Waals surface area contributed by atoms with Crippen LogP contribution in [0.25, 0.3) is 0 Å². The highest BCUT2D eigenvalue weighted by Crippen LogP contribution is 2.17. The van der Waals surface area contributed by atoms with Crippen LogP contribution in [0.2, 0.25) is 0 Å². The zero-order chi connectivity index (χ0) is 11.5. The van der Waals surface area contributed by atoms with Crippen molar-refractivity contribution in [2.24, 2.45) is 0 Å². The Kier molecular flexibility index (Phi) is 3.04. The molecule has 0 atom stereocenters. The summed E-state index contributed by atoms with van der Waals surface area (Å²) in [6.45, 7) is 4.16. The second-order valence-corrected chi connectivity index (χ2v) is 4.81. The average molecular weight is 240 g/mol. The fourth-order valence-corrected chi connectivity index (χ4v) is 2.42. The zero-order valence-electron chi connectivity index (χ0n) is 8.84. The molecule has 0 spiro atoms. The van der Waals surface area contributed by atoms with E-state index in [1.54, 1.807) is 11.3 Å². The van der Waals surface area contributed by atoms with Gasteiger partial charge in [-0.05, 0) is 6.92 Å². The molecule has 0 saturated carbocycles. The van der Waals surface area contributed by atoms with Crippen LogP contribution in [0.5, 0.6) is 0 Å². The molecular weight excluding hydrogens is 228 g/mol. The van der Waals surface area contributed by atoms with Gasteiger partial charge >= 0.3 is 0 Å². The summed E-state index contributed by atoms with van der Waals surface area (Å²) in [6, 6.07) is 0. The fourth-order valence-electron chi connectivity index (χ4n) is 1.61. The molecule has 0 unspecified atom stereocenters. The molecule has 0 bridgehead atoms. The normalized spacial score (nSPS) is 17.8. The number of aromatic nitrogens is 1. The standard InChI is InChI=1S/C9H12N4O2S/c1-7-11-4-8(16-7)5-12-3-2-10-9(12)6-13(14)15/h4,6,10H,2-3,5H2,1H3. The summed E-state index contributed by atoms with van der Waals surface area (Å²) >= 11 is 1.62. The average Bonchev–Trinajstić information content (AvgIpc) is 2.77. The van der Waals surface area contributed by atoms with Gasteiger partial charge in [-0.25, -0.2) is 4.98 Å². The summed E-state index contributed by atoms with van der Waals surface area (Å²) in [5, 5.41) is 14.4. The van der Waals surface area contributed by atoms with Crippen molar-refractivity contribution < 1.29 is 4.92 Å². The minimum Gasteiger partial charge on any atom is -0.365 e. The van der Waals surface area contributed by atoms with Gasteiger partial charge in [0.1, 0.15) is 0 Å². The van der Waals surface area contributed by atoms with Crippen molar-refractivity contribution in [3.63, 3.8) is 0 Å². The van der Waals surface area contributed by atoms with Gasteiger partial charge < -0.3 is 10.2 Å². The van der Waals surface area contributed by atoms with Crippen LogP contribution in [0, 0.1) is 17.0 Å². The summed E-state index contributed by atoms with van der Waals surface area (Å²) in [4.78, 5) is 17.2.